The SMILES string of the molecule is O=C(Cc1csc(-c2ccsc2)n1)N1CCC(C(=O)N2CCOCC2)CC1. The Morgan fingerprint density at radius 3 is 2.59 bits per heavy atom. The molecule has 2 fully saturated rings. The van der Waals surface area contributed by atoms with Crippen LogP contribution in [0.3, 0.4) is 0 Å². The van der Waals surface area contributed by atoms with E-state index in [1.165, 1.54) is 0 Å². The van der Waals surface area contributed by atoms with Gasteiger partial charge in [0, 0.05) is 48.4 Å². The van der Waals surface area contributed by atoms with E-state index in [9.17, 15) is 9.59 Å². The summed E-state index contributed by atoms with van der Waals surface area (Å²) < 4.78 is 5.32. The number of ether oxygens (including phenoxy) is 1. The van der Waals surface area contributed by atoms with Crippen molar-refractivity contribution in [1.82, 2.24) is 14.8 Å². The number of morpholine rings is 1. The highest BCUT2D eigenvalue weighted by Crippen LogP contribution is 2.26. The normalized spacial score (nSPS) is 18.7. The van der Waals surface area contributed by atoms with Gasteiger partial charge in [0.15, 0.2) is 0 Å². The Hall–Kier alpha value is -1.77. The van der Waals surface area contributed by atoms with Gasteiger partial charge in [0.2, 0.25) is 11.8 Å². The van der Waals surface area contributed by atoms with E-state index in [-0.39, 0.29) is 17.7 Å². The molecule has 0 unspecified atom stereocenters. The van der Waals surface area contributed by atoms with E-state index in [4.69, 9.17) is 4.74 Å². The number of carbonyl (C=O) groups is 2. The second-order valence-electron chi connectivity index (χ2n) is 6.93. The van der Waals surface area contributed by atoms with Gasteiger partial charge in [-0.2, -0.15) is 11.3 Å². The summed E-state index contributed by atoms with van der Waals surface area (Å²) in [6.07, 6.45) is 1.83. The van der Waals surface area contributed by atoms with Crippen LogP contribution >= 0.6 is 22.7 Å². The zero-order chi connectivity index (χ0) is 18.6. The van der Waals surface area contributed by atoms with Gasteiger partial charge in [-0.05, 0) is 24.3 Å². The number of rotatable bonds is 4. The monoisotopic (exact) mass is 405 g/mol. The van der Waals surface area contributed by atoms with Crippen LogP contribution < -0.4 is 0 Å². The lowest BCUT2D eigenvalue weighted by Gasteiger charge is -2.35. The van der Waals surface area contributed by atoms with Crippen molar-refractivity contribution in [2.24, 2.45) is 5.92 Å². The van der Waals surface area contributed by atoms with E-state index in [1.54, 1.807) is 22.7 Å². The van der Waals surface area contributed by atoms with E-state index < -0.39 is 0 Å². The maximum atomic E-state index is 12.6. The lowest BCUT2D eigenvalue weighted by Crippen LogP contribution is -2.47. The van der Waals surface area contributed by atoms with Gasteiger partial charge in [-0.1, -0.05) is 0 Å². The van der Waals surface area contributed by atoms with Crippen LogP contribution in [0.2, 0.25) is 0 Å². The molecule has 8 heteroatoms. The Balaban J connectivity index is 1.28. The van der Waals surface area contributed by atoms with Gasteiger partial charge >= 0.3 is 0 Å². The first-order valence-corrected chi connectivity index (χ1v) is 11.1. The number of nitrogens with zero attached hydrogens (tertiary/aromatic N) is 3. The van der Waals surface area contributed by atoms with Gasteiger partial charge in [-0.3, -0.25) is 9.59 Å². The zero-order valence-corrected chi connectivity index (χ0v) is 16.8. The van der Waals surface area contributed by atoms with Crippen LogP contribution in [0.25, 0.3) is 10.6 Å². The molecule has 2 aromatic rings. The van der Waals surface area contributed by atoms with Crippen molar-refractivity contribution in [3.63, 3.8) is 0 Å². The number of amides is 2. The van der Waals surface area contributed by atoms with Crippen molar-refractivity contribution in [3.8, 4) is 10.6 Å². The molecule has 2 aromatic heterocycles. The van der Waals surface area contributed by atoms with Crippen LogP contribution in [-0.4, -0.2) is 66.0 Å². The number of hydrogen-bond donors (Lipinski definition) is 0. The molecule has 0 N–H and O–H groups in total. The largest absolute Gasteiger partial charge is 0.378 e. The highest BCUT2D eigenvalue weighted by atomic mass is 32.1. The van der Waals surface area contributed by atoms with Crippen LogP contribution in [0.5, 0.6) is 0 Å². The Morgan fingerprint density at radius 1 is 1.11 bits per heavy atom. The van der Waals surface area contributed by atoms with Gasteiger partial charge in [0.05, 0.1) is 25.3 Å². The number of aromatic nitrogens is 1. The first kappa shape index (κ1) is 18.6. The number of likely N-dealkylation sites (tertiary alicyclic amines) is 1. The summed E-state index contributed by atoms with van der Waals surface area (Å²) in [6, 6.07) is 2.05. The number of carbonyl (C=O) groups excluding carboxylic acids is 2. The van der Waals surface area contributed by atoms with Crippen molar-refractivity contribution in [3.05, 3.63) is 27.9 Å². The molecule has 0 saturated carbocycles. The molecule has 0 atom stereocenters. The quantitative estimate of drug-likeness (QED) is 0.784. The van der Waals surface area contributed by atoms with Gasteiger partial charge in [0.1, 0.15) is 5.01 Å². The number of thiophene rings is 1. The Morgan fingerprint density at radius 2 is 1.89 bits per heavy atom. The van der Waals surface area contributed by atoms with Crippen LogP contribution in [0, 0.1) is 5.92 Å². The first-order valence-electron chi connectivity index (χ1n) is 9.32. The topological polar surface area (TPSA) is 62.7 Å². The third kappa shape index (κ3) is 4.39. The zero-order valence-electron chi connectivity index (χ0n) is 15.1. The minimum atomic E-state index is 0.0385. The molecule has 2 aliphatic rings. The fourth-order valence-corrected chi connectivity index (χ4v) is 5.12. The molecule has 27 heavy (non-hydrogen) atoms. The molecule has 2 saturated heterocycles. The second kappa shape index (κ2) is 8.50. The highest BCUT2D eigenvalue weighted by Gasteiger charge is 2.31. The fourth-order valence-electron chi connectivity index (χ4n) is 3.59. The Bertz CT molecular complexity index is 776. The summed E-state index contributed by atoms with van der Waals surface area (Å²) in [5.41, 5.74) is 1.95. The summed E-state index contributed by atoms with van der Waals surface area (Å²) >= 11 is 3.23. The van der Waals surface area contributed by atoms with Crippen molar-refractivity contribution >= 4 is 34.5 Å². The fraction of sp³-hybridized carbons (Fsp3) is 0.526. The molecule has 0 aromatic carbocycles. The minimum absolute atomic E-state index is 0.0385. The maximum Gasteiger partial charge on any atom is 0.228 e. The van der Waals surface area contributed by atoms with Gasteiger partial charge in [-0.25, -0.2) is 4.98 Å². The van der Waals surface area contributed by atoms with Gasteiger partial charge < -0.3 is 14.5 Å². The third-order valence-corrected chi connectivity index (χ3v) is 6.80. The van der Waals surface area contributed by atoms with E-state index in [0.29, 0.717) is 45.8 Å². The minimum Gasteiger partial charge on any atom is -0.378 e. The Kier molecular flexibility index (Phi) is 5.85. The van der Waals surface area contributed by atoms with Gasteiger partial charge in [0.25, 0.3) is 0 Å². The molecule has 0 radical (unpaired) electrons. The predicted molar refractivity (Wildman–Crippen MR) is 106 cm³/mol. The molecule has 0 bridgehead atoms. The van der Waals surface area contributed by atoms with Crippen molar-refractivity contribution in [2.45, 2.75) is 19.3 Å². The molecular formula is C19H23N3O3S2. The van der Waals surface area contributed by atoms with Crippen LogP contribution in [0.15, 0.2) is 22.2 Å². The maximum absolute atomic E-state index is 12.6. The van der Waals surface area contributed by atoms with E-state index in [1.807, 2.05) is 26.6 Å². The summed E-state index contributed by atoms with van der Waals surface area (Å²) in [5.74, 6) is 0.372. The average molecular weight is 406 g/mol. The molecule has 4 heterocycles. The molecule has 0 aliphatic carbocycles. The highest BCUT2D eigenvalue weighted by molar-refractivity contribution is 7.14. The molecule has 2 aliphatic heterocycles. The van der Waals surface area contributed by atoms with Crippen molar-refractivity contribution < 1.29 is 14.3 Å². The van der Waals surface area contributed by atoms with E-state index >= 15 is 0 Å². The summed E-state index contributed by atoms with van der Waals surface area (Å²) in [4.78, 5) is 33.6. The molecule has 6 nitrogen and oxygen atoms in total. The number of hydrogen-bond acceptors (Lipinski definition) is 6. The average Bonchev–Trinajstić information content (AvgIpc) is 3.40. The Labute approximate surface area is 166 Å². The first-order chi connectivity index (χ1) is 13.2. The van der Waals surface area contributed by atoms with Crippen molar-refractivity contribution in [2.75, 3.05) is 39.4 Å². The van der Waals surface area contributed by atoms with Crippen LogP contribution in [0.4, 0.5) is 0 Å². The number of piperidine rings is 1. The number of thiazole rings is 1. The van der Waals surface area contributed by atoms with Gasteiger partial charge in [-0.15, -0.1) is 11.3 Å². The smallest absolute Gasteiger partial charge is 0.228 e. The third-order valence-electron chi connectivity index (χ3n) is 5.17. The predicted octanol–water partition coefficient (Wildman–Crippen LogP) is 2.51. The van der Waals surface area contributed by atoms with Crippen LogP contribution in [0.1, 0.15) is 18.5 Å². The molecule has 144 valence electrons. The lowest BCUT2D eigenvalue weighted by molar-refractivity contribution is -0.143. The summed E-state index contributed by atoms with van der Waals surface area (Å²) in [7, 11) is 0. The molecule has 0 spiro atoms. The van der Waals surface area contributed by atoms with Crippen molar-refractivity contribution in [1.29, 1.82) is 0 Å². The lowest BCUT2D eigenvalue weighted by atomic mass is 9.95. The summed E-state index contributed by atoms with van der Waals surface area (Å²) in [5, 5.41) is 7.04. The second-order valence-corrected chi connectivity index (χ2v) is 8.56. The van der Waals surface area contributed by atoms with E-state index in [0.717, 1.165) is 29.1 Å². The standard InChI is InChI=1S/C19H23N3O3S2/c23-17(11-16-13-27-18(20-16)15-3-10-26-12-15)21-4-1-14(2-5-21)19(24)22-6-8-25-9-7-22/h3,10,12-14H,1-2,4-9,11H2. The molecular weight excluding hydrogens is 382 g/mol. The van der Waals surface area contributed by atoms with E-state index in [2.05, 4.69) is 10.4 Å². The van der Waals surface area contributed by atoms with Crippen LogP contribution in [-0.2, 0) is 20.7 Å². The summed E-state index contributed by atoms with van der Waals surface area (Å²) in [6.45, 7) is 3.94. The molecule has 4 rings (SSSR count). The molecule has 2 amide bonds.